The first-order valence-electron chi connectivity index (χ1n) is 7.91. The van der Waals surface area contributed by atoms with Gasteiger partial charge in [-0.2, -0.15) is 0 Å². The first kappa shape index (κ1) is 15.6. The van der Waals surface area contributed by atoms with Crippen molar-refractivity contribution in [2.24, 2.45) is 7.05 Å². The smallest absolute Gasteiger partial charge is 0.256 e. The quantitative estimate of drug-likeness (QED) is 0.880. The van der Waals surface area contributed by atoms with Crippen LogP contribution in [0.3, 0.4) is 0 Å². The van der Waals surface area contributed by atoms with Gasteiger partial charge in [0.1, 0.15) is 5.82 Å². The van der Waals surface area contributed by atoms with Crippen molar-refractivity contribution < 1.29 is 9.90 Å². The highest BCUT2D eigenvalue weighted by Gasteiger charge is 2.29. The summed E-state index contributed by atoms with van der Waals surface area (Å²) in [4.78, 5) is 18.9. The summed E-state index contributed by atoms with van der Waals surface area (Å²) < 4.78 is 1.94. The summed E-state index contributed by atoms with van der Waals surface area (Å²) in [6.07, 6.45) is 5.46. The van der Waals surface area contributed by atoms with Gasteiger partial charge in [0.05, 0.1) is 24.8 Å². The van der Waals surface area contributed by atoms with Gasteiger partial charge < -0.3 is 19.9 Å². The van der Waals surface area contributed by atoms with E-state index in [1.807, 2.05) is 42.1 Å². The van der Waals surface area contributed by atoms with E-state index in [9.17, 15) is 9.90 Å². The number of amides is 1. The van der Waals surface area contributed by atoms with E-state index in [4.69, 9.17) is 0 Å². The maximum absolute atomic E-state index is 12.8. The lowest BCUT2D eigenvalue weighted by Crippen LogP contribution is -2.37. The molecule has 1 amide bonds. The Kier molecular flexibility index (Phi) is 4.62. The van der Waals surface area contributed by atoms with E-state index in [-0.39, 0.29) is 18.6 Å². The first-order chi connectivity index (χ1) is 11.2. The van der Waals surface area contributed by atoms with Crippen LogP contribution < -0.4 is 5.32 Å². The molecular weight excluding hydrogens is 292 g/mol. The minimum absolute atomic E-state index is 0.0224. The summed E-state index contributed by atoms with van der Waals surface area (Å²) >= 11 is 0. The Morgan fingerprint density at radius 2 is 2.26 bits per heavy atom. The molecule has 0 radical (unpaired) electrons. The van der Waals surface area contributed by atoms with E-state index in [0.717, 1.165) is 24.4 Å². The van der Waals surface area contributed by atoms with Crippen molar-refractivity contribution in [3.05, 3.63) is 48.0 Å². The number of nitrogens with one attached hydrogen (secondary N) is 1. The molecule has 2 heterocycles. The summed E-state index contributed by atoms with van der Waals surface area (Å²) in [6, 6.07) is 7.44. The van der Waals surface area contributed by atoms with Crippen LogP contribution in [0.25, 0.3) is 0 Å². The number of aliphatic hydroxyl groups is 1. The van der Waals surface area contributed by atoms with Crippen molar-refractivity contribution in [3.63, 3.8) is 0 Å². The number of aliphatic hydroxyl groups excluding tert-OH is 1. The SMILES string of the molecule is Cn1ccnc1CNc1ccccc1C(=O)N1CCCC1CO. The zero-order valence-electron chi connectivity index (χ0n) is 13.3. The zero-order chi connectivity index (χ0) is 16.2. The predicted molar refractivity (Wildman–Crippen MR) is 88.1 cm³/mol. The Bertz CT molecular complexity index is 683. The molecule has 1 aliphatic rings. The fourth-order valence-electron chi connectivity index (χ4n) is 3.01. The van der Waals surface area contributed by atoms with Crippen LogP contribution in [0.5, 0.6) is 0 Å². The minimum Gasteiger partial charge on any atom is -0.394 e. The van der Waals surface area contributed by atoms with Crippen molar-refractivity contribution >= 4 is 11.6 Å². The van der Waals surface area contributed by atoms with Crippen LogP contribution in [-0.4, -0.2) is 44.7 Å². The predicted octanol–water partition coefficient (Wildman–Crippen LogP) is 1.63. The van der Waals surface area contributed by atoms with Crippen LogP contribution in [0.1, 0.15) is 29.0 Å². The number of hydrogen-bond acceptors (Lipinski definition) is 4. The number of hydrogen-bond donors (Lipinski definition) is 2. The zero-order valence-corrected chi connectivity index (χ0v) is 13.3. The topological polar surface area (TPSA) is 70.4 Å². The molecule has 122 valence electrons. The van der Waals surface area contributed by atoms with Gasteiger partial charge in [-0.15, -0.1) is 0 Å². The van der Waals surface area contributed by atoms with Gasteiger partial charge in [-0.3, -0.25) is 4.79 Å². The number of rotatable bonds is 5. The van der Waals surface area contributed by atoms with Gasteiger partial charge >= 0.3 is 0 Å². The monoisotopic (exact) mass is 314 g/mol. The molecule has 23 heavy (non-hydrogen) atoms. The number of para-hydroxylation sites is 1. The van der Waals surface area contributed by atoms with Crippen LogP contribution in [0.2, 0.25) is 0 Å². The molecule has 0 saturated carbocycles. The van der Waals surface area contributed by atoms with Gasteiger partial charge in [-0.25, -0.2) is 4.98 Å². The number of aryl methyl sites for hydroxylation is 1. The van der Waals surface area contributed by atoms with Crippen LogP contribution >= 0.6 is 0 Å². The highest BCUT2D eigenvalue weighted by atomic mass is 16.3. The maximum atomic E-state index is 12.8. The number of carbonyl (C=O) groups excluding carboxylic acids is 1. The first-order valence-corrected chi connectivity index (χ1v) is 7.91. The molecule has 1 fully saturated rings. The molecule has 1 saturated heterocycles. The van der Waals surface area contributed by atoms with E-state index in [1.165, 1.54) is 0 Å². The van der Waals surface area contributed by atoms with Crippen molar-refractivity contribution in [1.82, 2.24) is 14.5 Å². The third-order valence-corrected chi connectivity index (χ3v) is 4.36. The van der Waals surface area contributed by atoms with Crippen molar-refractivity contribution in [2.75, 3.05) is 18.5 Å². The molecule has 1 aliphatic heterocycles. The van der Waals surface area contributed by atoms with E-state index in [0.29, 0.717) is 18.7 Å². The number of carbonyl (C=O) groups is 1. The minimum atomic E-state index is -0.0647. The van der Waals surface area contributed by atoms with Gasteiger partial charge in [-0.1, -0.05) is 12.1 Å². The van der Waals surface area contributed by atoms with Gasteiger partial charge in [-0.05, 0) is 25.0 Å². The van der Waals surface area contributed by atoms with Crippen LogP contribution in [-0.2, 0) is 13.6 Å². The largest absolute Gasteiger partial charge is 0.394 e. The Labute approximate surface area is 135 Å². The molecule has 0 aliphatic carbocycles. The fraction of sp³-hybridized carbons (Fsp3) is 0.412. The fourth-order valence-corrected chi connectivity index (χ4v) is 3.01. The highest BCUT2D eigenvalue weighted by Crippen LogP contribution is 2.24. The van der Waals surface area contributed by atoms with Crippen LogP contribution in [0.15, 0.2) is 36.7 Å². The second kappa shape index (κ2) is 6.83. The molecule has 2 aromatic rings. The Morgan fingerprint density at radius 3 is 3.00 bits per heavy atom. The van der Waals surface area contributed by atoms with E-state index >= 15 is 0 Å². The summed E-state index contributed by atoms with van der Waals surface area (Å²) in [5, 5.41) is 12.7. The lowest BCUT2D eigenvalue weighted by atomic mass is 10.1. The number of aromatic nitrogens is 2. The van der Waals surface area contributed by atoms with Crippen LogP contribution in [0.4, 0.5) is 5.69 Å². The lowest BCUT2D eigenvalue weighted by Gasteiger charge is -2.24. The lowest BCUT2D eigenvalue weighted by molar-refractivity contribution is 0.0678. The number of likely N-dealkylation sites (tertiary alicyclic amines) is 1. The summed E-state index contributed by atoms with van der Waals surface area (Å²) in [5.74, 6) is 0.881. The molecular formula is C17H22N4O2. The molecule has 6 nitrogen and oxygen atoms in total. The molecule has 0 spiro atoms. The molecule has 1 aromatic carbocycles. The van der Waals surface area contributed by atoms with Crippen molar-refractivity contribution in [3.8, 4) is 0 Å². The summed E-state index contributed by atoms with van der Waals surface area (Å²) in [5.41, 5.74) is 1.44. The number of anilines is 1. The molecule has 2 N–H and O–H groups in total. The van der Waals surface area contributed by atoms with E-state index < -0.39 is 0 Å². The van der Waals surface area contributed by atoms with Crippen molar-refractivity contribution in [1.29, 1.82) is 0 Å². The third-order valence-electron chi connectivity index (χ3n) is 4.36. The van der Waals surface area contributed by atoms with Crippen LogP contribution in [0, 0.1) is 0 Å². The Hall–Kier alpha value is -2.34. The average molecular weight is 314 g/mol. The second-order valence-corrected chi connectivity index (χ2v) is 5.83. The molecule has 1 unspecified atom stereocenters. The van der Waals surface area contributed by atoms with Crippen molar-refractivity contribution in [2.45, 2.75) is 25.4 Å². The maximum Gasteiger partial charge on any atom is 0.256 e. The third kappa shape index (κ3) is 3.22. The molecule has 1 aromatic heterocycles. The normalized spacial score (nSPS) is 17.5. The second-order valence-electron chi connectivity index (χ2n) is 5.83. The van der Waals surface area contributed by atoms with Gasteiger partial charge in [0.25, 0.3) is 5.91 Å². The Morgan fingerprint density at radius 1 is 1.43 bits per heavy atom. The molecule has 3 rings (SSSR count). The van der Waals surface area contributed by atoms with E-state index in [1.54, 1.807) is 11.1 Å². The van der Waals surface area contributed by atoms with Gasteiger partial charge in [0, 0.05) is 31.7 Å². The summed E-state index contributed by atoms with van der Waals surface area (Å²) in [6.45, 7) is 1.28. The standard InChI is InChI=1S/C17H22N4O2/c1-20-10-8-18-16(20)11-19-15-7-3-2-6-14(15)17(23)21-9-4-5-13(21)12-22/h2-3,6-8,10,13,19,22H,4-5,9,11-12H2,1H3. The average Bonchev–Trinajstić information content (AvgIpc) is 3.21. The van der Waals surface area contributed by atoms with Gasteiger partial charge in [0.15, 0.2) is 0 Å². The van der Waals surface area contributed by atoms with Gasteiger partial charge in [0.2, 0.25) is 0 Å². The molecule has 1 atom stereocenters. The number of imidazole rings is 1. The molecule has 0 bridgehead atoms. The number of benzene rings is 1. The molecule has 6 heteroatoms. The van der Waals surface area contributed by atoms with E-state index in [2.05, 4.69) is 10.3 Å². The summed E-state index contributed by atoms with van der Waals surface area (Å²) in [7, 11) is 1.94. The number of nitrogens with zero attached hydrogens (tertiary/aromatic N) is 3. The highest BCUT2D eigenvalue weighted by molar-refractivity contribution is 5.99. The Balaban J connectivity index is 1.77.